The van der Waals surface area contributed by atoms with Crippen LogP contribution in [0.4, 0.5) is 26.4 Å². The Morgan fingerprint density at radius 2 is 1.97 bits per heavy atom. The second-order valence-corrected chi connectivity index (χ2v) is 11.9. The Morgan fingerprint density at radius 3 is 2.53 bits per heavy atom. The quantitative estimate of drug-likeness (QED) is 0.285. The summed E-state index contributed by atoms with van der Waals surface area (Å²) in [7, 11) is 5.35. The first-order valence-corrected chi connectivity index (χ1v) is 13.2. The SMILES string of the molecule is CO[C@@H]1CN(C(=O)OC(C)(C)C)C[C@H]1Nc1c([N+](=O)[O-])c(N2CC(N(C)C)C2)nc2c(F)c(Br)c(Cl)cc12. The Hall–Kier alpha value is -2.48. The number of nitrogens with one attached hydrogen (secondary N) is 1. The number of pyridine rings is 1. The number of fused-ring (bicyclic) bond motifs is 1. The van der Waals surface area contributed by atoms with Crippen LogP contribution in [-0.4, -0.2) is 97.0 Å². The highest BCUT2D eigenvalue weighted by Crippen LogP contribution is 2.45. The van der Waals surface area contributed by atoms with E-state index in [1.165, 1.54) is 18.1 Å². The van der Waals surface area contributed by atoms with Crippen LogP contribution in [0.25, 0.3) is 10.9 Å². The molecule has 1 aromatic heterocycles. The number of nitrogens with zero attached hydrogens (tertiary/aromatic N) is 5. The van der Waals surface area contributed by atoms with Crippen LogP contribution >= 0.6 is 27.5 Å². The molecule has 1 aromatic carbocycles. The first-order chi connectivity index (χ1) is 17.7. The van der Waals surface area contributed by atoms with Crippen LogP contribution in [0.2, 0.25) is 5.02 Å². The zero-order valence-corrected chi connectivity index (χ0v) is 24.4. The summed E-state index contributed by atoms with van der Waals surface area (Å²) in [6.45, 7) is 6.67. The highest BCUT2D eigenvalue weighted by molar-refractivity contribution is 9.10. The van der Waals surface area contributed by atoms with E-state index in [0.29, 0.717) is 13.1 Å². The van der Waals surface area contributed by atoms with Crippen molar-refractivity contribution in [2.24, 2.45) is 0 Å². The Bertz CT molecular complexity index is 1270. The number of benzene rings is 1. The number of hydrogen-bond acceptors (Lipinski definition) is 9. The van der Waals surface area contributed by atoms with Gasteiger partial charge in [0, 0.05) is 38.2 Å². The Balaban J connectivity index is 1.80. The van der Waals surface area contributed by atoms with E-state index in [4.69, 9.17) is 21.1 Å². The number of carbonyl (C=O) groups is 1. The Kier molecular flexibility index (Phi) is 7.95. The van der Waals surface area contributed by atoms with Crippen molar-refractivity contribution in [1.82, 2.24) is 14.8 Å². The number of anilines is 2. The Morgan fingerprint density at radius 1 is 1.32 bits per heavy atom. The number of likely N-dealkylation sites (N-methyl/N-ethyl adjacent to an activating group) is 1. The molecule has 1 N–H and O–H groups in total. The van der Waals surface area contributed by atoms with Gasteiger partial charge in [-0.05, 0) is 56.9 Å². The van der Waals surface area contributed by atoms with Gasteiger partial charge in [0.05, 0.1) is 33.1 Å². The van der Waals surface area contributed by atoms with Crippen LogP contribution in [0, 0.1) is 15.9 Å². The van der Waals surface area contributed by atoms with Gasteiger partial charge in [-0.1, -0.05) is 11.6 Å². The van der Waals surface area contributed by atoms with Crippen LogP contribution in [0.3, 0.4) is 0 Å². The van der Waals surface area contributed by atoms with Crippen molar-refractivity contribution in [1.29, 1.82) is 0 Å². The lowest BCUT2D eigenvalue weighted by molar-refractivity contribution is -0.383. The van der Waals surface area contributed by atoms with E-state index >= 15 is 4.39 Å². The van der Waals surface area contributed by atoms with Gasteiger partial charge in [-0.15, -0.1) is 0 Å². The molecule has 0 radical (unpaired) electrons. The van der Waals surface area contributed by atoms with Gasteiger partial charge >= 0.3 is 11.8 Å². The predicted octanol–water partition coefficient (Wildman–Crippen LogP) is 4.49. The van der Waals surface area contributed by atoms with Crippen molar-refractivity contribution in [3.63, 3.8) is 0 Å². The molecule has 0 aliphatic carbocycles. The second kappa shape index (κ2) is 10.6. The van der Waals surface area contributed by atoms with Crippen molar-refractivity contribution < 1.29 is 23.6 Å². The van der Waals surface area contributed by atoms with Gasteiger partial charge in [0.25, 0.3) is 0 Å². The molecule has 14 heteroatoms. The maximum Gasteiger partial charge on any atom is 0.410 e. The molecule has 4 rings (SSSR count). The molecule has 208 valence electrons. The monoisotopic (exact) mass is 616 g/mol. The Labute approximate surface area is 233 Å². The van der Waals surface area contributed by atoms with Crippen molar-refractivity contribution in [2.75, 3.05) is 57.6 Å². The summed E-state index contributed by atoms with van der Waals surface area (Å²) in [4.78, 5) is 34.4. The highest BCUT2D eigenvalue weighted by Gasteiger charge is 2.41. The van der Waals surface area contributed by atoms with E-state index in [-0.39, 0.29) is 56.7 Å². The van der Waals surface area contributed by atoms with Crippen molar-refractivity contribution in [3.8, 4) is 0 Å². The van der Waals surface area contributed by atoms with E-state index in [1.807, 2.05) is 19.0 Å². The number of rotatable bonds is 6. The standard InChI is InChI=1S/C24H31BrClFN6O5/c1-24(2,3)38-23(34)32-10-15(16(11-32)37-6)28-20-13-7-14(26)17(25)18(27)19(13)29-22(21(20)33(35)36)31-8-12(9-31)30(4)5/h7,12,15-16H,8-11H2,1-6H3,(H,28,29)/t15-,16-/m1/s1. The fourth-order valence-electron chi connectivity index (χ4n) is 4.59. The number of carbonyl (C=O) groups excluding carboxylic acids is 1. The third-order valence-electron chi connectivity index (χ3n) is 6.70. The van der Waals surface area contributed by atoms with Crippen LogP contribution < -0.4 is 10.2 Å². The second-order valence-electron chi connectivity index (χ2n) is 10.7. The summed E-state index contributed by atoms with van der Waals surface area (Å²) in [5.41, 5.74) is -0.981. The summed E-state index contributed by atoms with van der Waals surface area (Å²) >= 11 is 9.42. The molecular weight excluding hydrogens is 587 g/mol. The topological polar surface area (TPSA) is 113 Å². The molecule has 2 aliphatic rings. The zero-order valence-electron chi connectivity index (χ0n) is 22.0. The lowest BCUT2D eigenvalue weighted by Gasteiger charge is -2.43. The molecule has 1 amide bonds. The number of aromatic nitrogens is 1. The molecule has 2 atom stereocenters. The summed E-state index contributed by atoms with van der Waals surface area (Å²) in [6, 6.07) is 1.07. The predicted molar refractivity (Wildman–Crippen MR) is 147 cm³/mol. The van der Waals surface area contributed by atoms with Gasteiger partial charge < -0.3 is 29.5 Å². The zero-order chi connectivity index (χ0) is 28.1. The number of hydrogen-bond donors (Lipinski definition) is 1. The number of halogens is 3. The normalized spacial score (nSPS) is 20.3. The van der Waals surface area contributed by atoms with Crippen molar-refractivity contribution in [2.45, 2.75) is 44.6 Å². The minimum atomic E-state index is -0.721. The molecule has 2 fully saturated rings. The van der Waals surface area contributed by atoms with E-state index in [9.17, 15) is 14.9 Å². The molecule has 11 nitrogen and oxygen atoms in total. The number of nitro groups is 1. The third kappa shape index (κ3) is 5.47. The first-order valence-electron chi connectivity index (χ1n) is 12.1. The van der Waals surface area contributed by atoms with Crippen molar-refractivity contribution >= 4 is 61.7 Å². The fourth-order valence-corrected chi connectivity index (χ4v) is 5.08. The van der Waals surface area contributed by atoms with Crippen LogP contribution in [0.1, 0.15) is 20.8 Å². The number of amides is 1. The van der Waals surface area contributed by atoms with Gasteiger partial charge in [-0.3, -0.25) is 10.1 Å². The van der Waals surface area contributed by atoms with Gasteiger partial charge in [0.1, 0.15) is 16.8 Å². The maximum atomic E-state index is 15.4. The molecule has 0 saturated carbocycles. The molecule has 2 saturated heterocycles. The average molecular weight is 618 g/mol. The van der Waals surface area contributed by atoms with Crippen LogP contribution in [0.5, 0.6) is 0 Å². The molecular formula is C24H31BrClFN6O5. The number of methoxy groups -OCH3 is 1. The van der Waals surface area contributed by atoms with Crippen molar-refractivity contribution in [3.05, 3.63) is 31.5 Å². The summed E-state index contributed by atoms with van der Waals surface area (Å²) in [5.74, 6) is -0.659. The minimum absolute atomic E-state index is 0.0198. The summed E-state index contributed by atoms with van der Waals surface area (Å²) < 4.78 is 26.5. The van der Waals surface area contributed by atoms with Crippen LogP contribution in [0.15, 0.2) is 10.5 Å². The summed E-state index contributed by atoms with van der Waals surface area (Å²) in [6.07, 6.45) is -1.03. The van der Waals surface area contributed by atoms with Crippen LogP contribution in [-0.2, 0) is 9.47 Å². The lowest BCUT2D eigenvalue weighted by Crippen LogP contribution is -2.57. The first kappa shape index (κ1) is 28.5. The van der Waals surface area contributed by atoms with Gasteiger partial charge in [0.15, 0.2) is 5.82 Å². The fraction of sp³-hybridized carbons (Fsp3) is 0.583. The molecule has 3 heterocycles. The van der Waals surface area contributed by atoms with E-state index in [2.05, 4.69) is 26.2 Å². The maximum absolute atomic E-state index is 15.4. The molecule has 2 aliphatic heterocycles. The van der Waals surface area contributed by atoms with E-state index in [1.54, 1.807) is 25.7 Å². The largest absolute Gasteiger partial charge is 0.444 e. The lowest BCUT2D eigenvalue weighted by atomic mass is 10.1. The third-order valence-corrected chi connectivity index (χ3v) is 8.00. The number of likely N-dealkylation sites (tertiary alicyclic amines) is 1. The van der Waals surface area contributed by atoms with E-state index in [0.717, 1.165) is 0 Å². The molecule has 0 spiro atoms. The van der Waals surface area contributed by atoms with Gasteiger partial charge in [-0.25, -0.2) is 14.2 Å². The van der Waals surface area contributed by atoms with Gasteiger partial charge in [-0.2, -0.15) is 0 Å². The molecule has 38 heavy (non-hydrogen) atoms. The average Bonchev–Trinajstić information content (AvgIpc) is 3.19. The summed E-state index contributed by atoms with van der Waals surface area (Å²) in [5, 5.41) is 15.9. The highest BCUT2D eigenvalue weighted by atomic mass is 79.9. The minimum Gasteiger partial charge on any atom is -0.444 e. The van der Waals surface area contributed by atoms with E-state index < -0.39 is 34.6 Å². The molecule has 2 aromatic rings. The molecule has 0 bridgehead atoms. The van der Waals surface area contributed by atoms with Gasteiger partial charge in [0.2, 0.25) is 5.82 Å². The molecule has 0 unspecified atom stereocenters. The smallest absolute Gasteiger partial charge is 0.410 e. The number of ether oxygens (including phenoxy) is 2.